The monoisotopic (exact) mass is 258 g/mol. The molecule has 4 nitrogen and oxygen atoms in total. The molecule has 19 heavy (non-hydrogen) atoms. The van der Waals surface area contributed by atoms with E-state index in [2.05, 4.69) is 6.07 Å². The van der Waals surface area contributed by atoms with Crippen molar-refractivity contribution in [3.05, 3.63) is 35.4 Å². The lowest BCUT2D eigenvalue weighted by molar-refractivity contribution is 0.00820. The third-order valence-corrected chi connectivity index (χ3v) is 3.04. The van der Waals surface area contributed by atoms with Crippen LogP contribution in [0, 0.1) is 11.3 Å². The molecule has 4 heteroatoms. The zero-order chi connectivity index (χ0) is 14.0. The minimum Gasteiger partial charge on any atom is -0.444 e. The maximum absolute atomic E-state index is 11.8. The SMILES string of the molecule is CC(C)(C)OC(=O)N1CC(c2ccc(C#N)cc2)C1. The molecule has 1 saturated heterocycles. The van der Waals surface area contributed by atoms with Crippen LogP contribution in [0.1, 0.15) is 37.8 Å². The lowest BCUT2D eigenvalue weighted by Gasteiger charge is -2.40. The van der Waals surface area contributed by atoms with Gasteiger partial charge in [-0.2, -0.15) is 5.26 Å². The van der Waals surface area contributed by atoms with Crippen LogP contribution < -0.4 is 0 Å². The molecule has 1 aliphatic heterocycles. The van der Waals surface area contributed by atoms with Crippen molar-refractivity contribution in [2.75, 3.05) is 13.1 Å². The number of carbonyl (C=O) groups excluding carboxylic acids is 1. The number of hydrogen-bond donors (Lipinski definition) is 0. The van der Waals surface area contributed by atoms with Gasteiger partial charge in [-0.05, 0) is 38.5 Å². The molecule has 2 rings (SSSR count). The molecule has 0 atom stereocenters. The van der Waals surface area contributed by atoms with Crippen LogP contribution in [0.15, 0.2) is 24.3 Å². The minimum atomic E-state index is -0.448. The van der Waals surface area contributed by atoms with E-state index in [1.807, 2.05) is 45.0 Å². The predicted molar refractivity (Wildman–Crippen MR) is 71.7 cm³/mol. The van der Waals surface area contributed by atoms with E-state index >= 15 is 0 Å². The number of carbonyl (C=O) groups is 1. The predicted octanol–water partition coefficient (Wildman–Crippen LogP) is 2.89. The number of hydrogen-bond acceptors (Lipinski definition) is 3. The molecule has 1 aromatic carbocycles. The Labute approximate surface area is 113 Å². The van der Waals surface area contributed by atoms with Crippen LogP contribution in [0.25, 0.3) is 0 Å². The Balaban J connectivity index is 1.89. The molecular formula is C15H18N2O2. The summed E-state index contributed by atoms with van der Waals surface area (Å²) in [6, 6.07) is 9.63. The lowest BCUT2D eigenvalue weighted by Crippen LogP contribution is -2.50. The Bertz CT molecular complexity index is 502. The topological polar surface area (TPSA) is 53.3 Å². The average Bonchev–Trinajstić information content (AvgIpc) is 2.25. The van der Waals surface area contributed by atoms with Crippen molar-refractivity contribution < 1.29 is 9.53 Å². The largest absolute Gasteiger partial charge is 0.444 e. The molecular weight excluding hydrogens is 240 g/mol. The highest BCUT2D eigenvalue weighted by atomic mass is 16.6. The summed E-state index contributed by atoms with van der Waals surface area (Å²) in [5, 5.41) is 8.74. The molecule has 0 unspecified atom stereocenters. The Morgan fingerprint density at radius 3 is 2.37 bits per heavy atom. The van der Waals surface area contributed by atoms with E-state index in [0.717, 1.165) is 0 Å². The van der Waals surface area contributed by atoms with Crippen molar-refractivity contribution >= 4 is 6.09 Å². The van der Waals surface area contributed by atoms with Gasteiger partial charge in [0, 0.05) is 19.0 Å². The van der Waals surface area contributed by atoms with Crippen LogP contribution in [0.4, 0.5) is 4.79 Å². The molecule has 0 bridgehead atoms. The highest BCUT2D eigenvalue weighted by Gasteiger charge is 2.34. The van der Waals surface area contributed by atoms with Crippen LogP contribution in [0.2, 0.25) is 0 Å². The first-order valence-electron chi connectivity index (χ1n) is 6.37. The Hall–Kier alpha value is -2.02. The highest BCUT2D eigenvalue weighted by molar-refractivity contribution is 5.69. The summed E-state index contributed by atoms with van der Waals surface area (Å²) < 4.78 is 5.31. The van der Waals surface area contributed by atoms with Crippen LogP contribution in [0.3, 0.4) is 0 Å². The molecule has 0 spiro atoms. The number of amides is 1. The van der Waals surface area contributed by atoms with Gasteiger partial charge >= 0.3 is 6.09 Å². The van der Waals surface area contributed by atoms with E-state index in [0.29, 0.717) is 24.6 Å². The molecule has 100 valence electrons. The van der Waals surface area contributed by atoms with Gasteiger partial charge in [0.2, 0.25) is 0 Å². The number of nitrogens with zero attached hydrogens (tertiary/aromatic N) is 2. The molecule has 0 aromatic heterocycles. The maximum atomic E-state index is 11.8. The summed E-state index contributed by atoms with van der Waals surface area (Å²) in [7, 11) is 0. The number of rotatable bonds is 1. The van der Waals surface area contributed by atoms with E-state index in [1.54, 1.807) is 4.90 Å². The number of benzene rings is 1. The highest BCUT2D eigenvalue weighted by Crippen LogP contribution is 2.28. The quantitative estimate of drug-likeness (QED) is 0.778. The van der Waals surface area contributed by atoms with Gasteiger partial charge in [0.1, 0.15) is 5.60 Å². The molecule has 0 radical (unpaired) electrons. The molecule has 1 amide bonds. The lowest BCUT2D eigenvalue weighted by atomic mass is 9.91. The van der Waals surface area contributed by atoms with E-state index in [4.69, 9.17) is 10.00 Å². The summed E-state index contributed by atoms with van der Waals surface area (Å²) in [5.74, 6) is 0.347. The van der Waals surface area contributed by atoms with Crippen molar-refractivity contribution in [2.45, 2.75) is 32.3 Å². The van der Waals surface area contributed by atoms with Gasteiger partial charge in [-0.3, -0.25) is 0 Å². The summed E-state index contributed by atoms with van der Waals surface area (Å²) in [6.45, 7) is 6.95. The number of ether oxygens (including phenoxy) is 1. The Morgan fingerprint density at radius 2 is 1.89 bits per heavy atom. The third kappa shape index (κ3) is 3.25. The van der Waals surface area contributed by atoms with Gasteiger partial charge in [-0.25, -0.2) is 4.79 Å². The molecule has 0 saturated carbocycles. The van der Waals surface area contributed by atoms with Crippen molar-refractivity contribution in [3.8, 4) is 6.07 Å². The van der Waals surface area contributed by atoms with Crippen LogP contribution in [0.5, 0.6) is 0 Å². The summed E-state index contributed by atoms with van der Waals surface area (Å²) in [5.41, 5.74) is 1.38. The van der Waals surface area contributed by atoms with Crippen LogP contribution in [-0.2, 0) is 4.74 Å². The number of likely N-dealkylation sites (tertiary alicyclic amines) is 1. The minimum absolute atomic E-state index is 0.252. The number of nitriles is 1. The van der Waals surface area contributed by atoms with Crippen molar-refractivity contribution in [1.29, 1.82) is 5.26 Å². The molecule has 0 aliphatic carbocycles. The second-order valence-electron chi connectivity index (χ2n) is 5.82. The first kappa shape index (κ1) is 13.4. The smallest absolute Gasteiger partial charge is 0.410 e. The van der Waals surface area contributed by atoms with Gasteiger partial charge in [0.05, 0.1) is 11.6 Å². The summed E-state index contributed by atoms with van der Waals surface area (Å²) in [4.78, 5) is 13.5. The molecule has 1 aliphatic rings. The maximum Gasteiger partial charge on any atom is 0.410 e. The third-order valence-electron chi connectivity index (χ3n) is 3.04. The first-order valence-corrected chi connectivity index (χ1v) is 6.37. The van der Waals surface area contributed by atoms with E-state index in [-0.39, 0.29) is 6.09 Å². The summed E-state index contributed by atoms with van der Waals surface area (Å²) >= 11 is 0. The van der Waals surface area contributed by atoms with Gasteiger partial charge in [-0.15, -0.1) is 0 Å². The van der Waals surface area contributed by atoms with Gasteiger partial charge in [0.15, 0.2) is 0 Å². The van der Waals surface area contributed by atoms with Gasteiger partial charge in [-0.1, -0.05) is 12.1 Å². The van der Waals surface area contributed by atoms with Gasteiger partial charge < -0.3 is 9.64 Å². The van der Waals surface area contributed by atoms with E-state index in [1.165, 1.54) is 5.56 Å². The van der Waals surface area contributed by atoms with E-state index < -0.39 is 5.60 Å². The van der Waals surface area contributed by atoms with Gasteiger partial charge in [0.25, 0.3) is 0 Å². The molecule has 0 N–H and O–H groups in total. The fourth-order valence-electron chi connectivity index (χ4n) is 1.99. The summed E-state index contributed by atoms with van der Waals surface area (Å²) in [6.07, 6.45) is -0.252. The Morgan fingerprint density at radius 1 is 1.32 bits per heavy atom. The van der Waals surface area contributed by atoms with Crippen LogP contribution in [-0.4, -0.2) is 29.7 Å². The zero-order valence-corrected chi connectivity index (χ0v) is 11.5. The second kappa shape index (κ2) is 4.93. The zero-order valence-electron chi connectivity index (χ0n) is 11.5. The second-order valence-corrected chi connectivity index (χ2v) is 5.82. The standard InChI is InChI=1S/C15H18N2O2/c1-15(2,3)19-14(18)17-9-13(10-17)12-6-4-11(8-16)5-7-12/h4-7,13H,9-10H2,1-3H3. The average molecular weight is 258 g/mol. The molecule has 1 fully saturated rings. The fraction of sp³-hybridized carbons (Fsp3) is 0.467. The fourth-order valence-corrected chi connectivity index (χ4v) is 1.99. The molecule has 1 heterocycles. The Kier molecular flexibility index (Phi) is 3.48. The van der Waals surface area contributed by atoms with Crippen molar-refractivity contribution in [3.63, 3.8) is 0 Å². The van der Waals surface area contributed by atoms with Crippen molar-refractivity contribution in [2.24, 2.45) is 0 Å². The normalized spacial score (nSPS) is 15.6. The van der Waals surface area contributed by atoms with Crippen LogP contribution >= 0.6 is 0 Å². The van der Waals surface area contributed by atoms with E-state index in [9.17, 15) is 4.79 Å². The first-order chi connectivity index (χ1) is 8.89. The van der Waals surface area contributed by atoms with Crippen molar-refractivity contribution in [1.82, 2.24) is 4.90 Å². The molecule has 1 aromatic rings.